The molecule has 4 rings (SSSR count). The Morgan fingerprint density at radius 3 is 1.26 bits per heavy atom. The largest absolute Gasteiger partial charge is 0.507 e. The molecule has 4 aromatic rings. The summed E-state index contributed by atoms with van der Waals surface area (Å²) in [6.07, 6.45) is 17.9. The number of phenols is 2. The minimum Gasteiger partial charge on any atom is -0.507 e. The third-order valence-electron chi connectivity index (χ3n) is 10.4. The van der Waals surface area contributed by atoms with E-state index in [2.05, 4.69) is 15.0 Å². The van der Waals surface area contributed by atoms with Crippen LogP contribution in [0, 0.1) is 0 Å². The number of unbranched alkanes of at least 4 members (excludes halogenated alkanes) is 14. The van der Waals surface area contributed by atoms with Crippen molar-refractivity contribution < 1.29 is 53.1 Å². The number of hydrogen-bond acceptors (Lipinski definition) is 14. The summed E-state index contributed by atoms with van der Waals surface area (Å²) in [5, 5.41) is 22.0. The van der Waals surface area contributed by atoms with Crippen LogP contribution in [0.25, 0.3) is 34.2 Å². The molecule has 0 aliphatic carbocycles. The highest BCUT2D eigenvalue weighted by atomic mass is 16.6. The van der Waals surface area contributed by atoms with E-state index in [1.165, 1.54) is 38.3 Å². The summed E-state index contributed by atoms with van der Waals surface area (Å²) >= 11 is 0. The van der Waals surface area contributed by atoms with Gasteiger partial charge in [-0.2, -0.15) is 0 Å². The molecule has 3 aromatic carbocycles. The Balaban J connectivity index is -0.00000748. The highest BCUT2D eigenvalue weighted by molar-refractivity contribution is 5.77. The second-order valence-electron chi connectivity index (χ2n) is 16.0. The topological polar surface area (TPSA) is 194 Å². The third-order valence-corrected chi connectivity index (χ3v) is 10.4. The van der Waals surface area contributed by atoms with Gasteiger partial charge in [0.2, 0.25) is 0 Å². The van der Waals surface area contributed by atoms with Gasteiger partial charge in [0, 0.05) is 30.5 Å². The number of carbonyl (C=O) groups is 4. The van der Waals surface area contributed by atoms with Gasteiger partial charge < -0.3 is 38.7 Å². The number of ether oxygens (including phenoxy) is 5. The van der Waals surface area contributed by atoms with Crippen LogP contribution in [0.15, 0.2) is 60.7 Å². The number of esters is 2. The van der Waals surface area contributed by atoms with E-state index in [1.807, 2.05) is 0 Å². The number of methoxy groups -OCH3 is 1. The molecule has 14 nitrogen and oxygen atoms in total. The van der Waals surface area contributed by atoms with Gasteiger partial charge in [-0.25, -0.2) is 19.7 Å². The maximum Gasteiger partial charge on any atom is 0.344 e. The molecular weight excluding hydrogens is 891 g/mol. The molecule has 0 aliphatic rings. The Labute approximate surface area is 421 Å². The van der Waals surface area contributed by atoms with Crippen molar-refractivity contribution >= 4 is 23.5 Å². The monoisotopic (exact) mass is 980 g/mol. The van der Waals surface area contributed by atoms with Crippen molar-refractivity contribution in [2.24, 2.45) is 0 Å². The molecule has 70 heavy (non-hydrogen) atoms. The van der Waals surface area contributed by atoms with Gasteiger partial charge in [0.25, 0.3) is 0 Å². The molecule has 0 aliphatic heterocycles. The minimum atomic E-state index is -0.508. The van der Waals surface area contributed by atoms with Gasteiger partial charge in [0.15, 0.2) is 29.9 Å². The van der Waals surface area contributed by atoms with Crippen molar-refractivity contribution in [2.75, 3.05) is 33.5 Å². The molecule has 0 bridgehead atoms. The zero-order chi connectivity index (χ0) is 45.9. The van der Waals surface area contributed by atoms with Crippen LogP contribution in [-0.4, -0.2) is 82.2 Å². The molecule has 0 saturated heterocycles. The molecule has 1 aromatic heterocycles. The fraction of sp³-hybridized carbons (Fsp3) is 0.554. The molecule has 0 atom stereocenters. The van der Waals surface area contributed by atoms with E-state index < -0.39 is 5.97 Å². The molecule has 0 radical (unpaired) electrons. The summed E-state index contributed by atoms with van der Waals surface area (Å²) in [6, 6.07) is 16.1. The number of hydrogen-bond donors (Lipinski definition) is 2. The van der Waals surface area contributed by atoms with Crippen molar-refractivity contribution in [3.8, 4) is 62.9 Å². The maximum atomic E-state index is 12.4. The highest BCUT2D eigenvalue weighted by Gasteiger charge is 2.18. The van der Waals surface area contributed by atoms with Gasteiger partial charge in [-0.05, 0) is 88.1 Å². The van der Waals surface area contributed by atoms with Crippen molar-refractivity contribution in [1.82, 2.24) is 15.0 Å². The number of aromatic hydroxyl groups is 2. The van der Waals surface area contributed by atoms with Crippen LogP contribution in [-0.2, 0) is 28.7 Å². The van der Waals surface area contributed by atoms with E-state index >= 15 is 0 Å². The summed E-state index contributed by atoms with van der Waals surface area (Å²) in [7, 11) is 1.56. The number of phenolic OH excluding ortho intramolecular Hbond substituents is 2. The van der Waals surface area contributed by atoms with Crippen molar-refractivity contribution in [2.45, 2.75) is 174 Å². The lowest BCUT2D eigenvalue weighted by Gasteiger charge is -2.12. The predicted molar refractivity (Wildman–Crippen MR) is 284 cm³/mol. The quantitative estimate of drug-likeness (QED) is 0.0347. The van der Waals surface area contributed by atoms with E-state index in [1.54, 1.807) is 62.6 Å². The molecule has 14 heteroatoms. The Kier molecular flexibility index (Phi) is 37.8. The fourth-order valence-corrected chi connectivity index (χ4v) is 6.85. The van der Waals surface area contributed by atoms with Gasteiger partial charge >= 0.3 is 11.9 Å². The van der Waals surface area contributed by atoms with E-state index in [-0.39, 0.29) is 121 Å². The predicted octanol–water partition coefficient (Wildman–Crippen LogP) is 14.2. The molecule has 0 amide bonds. The normalized spacial score (nSPS) is 9.99. The van der Waals surface area contributed by atoms with E-state index in [4.69, 9.17) is 23.7 Å². The second kappa shape index (κ2) is 38.8. The minimum absolute atomic E-state index is 0. The first-order chi connectivity index (χ1) is 31.0. The summed E-state index contributed by atoms with van der Waals surface area (Å²) in [6.45, 7) is 3.38. The smallest absolute Gasteiger partial charge is 0.344 e. The average molecular weight is 980 g/mol. The number of benzene rings is 3. The number of Topliss-reactive ketones (excluding diaryl/α,β-unsaturated/α-hetero) is 2. The first-order valence-corrected chi connectivity index (χ1v) is 22.7. The lowest BCUT2D eigenvalue weighted by atomic mass is 10.1. The lowest BCUT2D eigenvalue weighted by Crippen LogP contribution is -2.15. The molecule has 0 saturated carbocycles. The second-order valence-corrected chi connectivity index (χ2v) is 16.0. The van der Waals surface area contributed by atoms with Crippen LogP contribution in [0.4, 0.5) is 0 Å². The highest BCUT2D eigenvalue weighted by Crippen LogP contribution is 2.36. The number of aromatic nitrogens is 3. The molecule has 0 fully saturated rings. The van der Waals surface area contributed by atoms with Crippen LogP contribution in [0.5, 0.6) is 28.7 Å². The standard InChI is InChI=1S/C50H65N3O11.6CH4/c1-36(54)20-16-12-8-9-13-17-21-46(58)61-30-18-14-10-6-4-5-7-11-15-19-31-62-47(59)35-64-41-27-29-43(45(57)33-41)50-52-48(38-22-24-39(60-3)25-23-38)51-49(53-50)42-28-26-40(32-44(42)56)63-34-37(2)55;;;;;;/h22-29,32-33,56-57H,4-21,30-31,34-35H2,1-3H3;6*1H4. The van der Waals surface area contributed by atoms with E-state index in [9.17, 15) is 29.4 Å². The molecule has 0 unspecified atom stereocenters. The zero-order valence-electron chi connectivity index (χ0n) is 37.7. The SMILES string of the molecule is C.C.C.C.C.C.COc1ccc(-c2nc(-c3ccc(OCC(C)=O)cc3O)nc(-c3ccc(OCC(=O)OCCCCCCCCCCCCOC(=O)CCCCCCCCC(C)=O)cc3O)n2)cc1. The summed E-state index contributed by atoms with van der Waals surface area (Å²) < 4.78 is 27.1. The molecular formula is C56H89N3O11. The van der Waals surface area contributed by atoms with Crippen molar-refractivity contribution in [3.05, 3.63) is 60.7 Å². The Bertz CT molecular complexity index is 2070. The summed E-state index contributed by atoms with van der Waals surface area (Å²) in [5.74, 6) is 0.810. The summed E-state index contributed by atoms with van der Waals surface area (Å²) in [5.41, 5.74) is 1.17. The summed E-state index contributed by atoms with van der Waals surface area (Å²) in [4.78, 5) is 60.5. The van der Waals surface area contributed by atoms with Crippen molar-refractivity contribution in [3.63, 3.8) is 0 Å². The van der Waals surface area contributed by atoms with Gasteiger partial charge in [0.1, 0.15) is 41.1 Å². The Hall–Kier alpha value is -6.05. The van der Waals surface area contributed by atoms with Crippen LogP contribution in [0.1, 0.15) is 174 Å². The van der Waals surface area contributed by atoms with E-state index in [0.717, 1.165) is 83.5 Å². The van der Waals surface area contributed by atoms with Gasteiger partial charge in [-0.15, -0.1) is 0 Å². The fourth-order valence-electron chi connectivity index (χ4n) is 6.85. The number of carbonyl (C=O) groups excluding carboxylic acids is 4. The third kappa shape index (κ3) is 26.1. The Morgan fingerprint density at radius 1 is 0.443 bits per heavy atom. The van der Waals surface area contributed by atoms with Crippen LogP contribution in [0.3, 0.4) is 0 Å². The van der Waals surface area contributed by atoms with Crippen LogP contribution >= 0.6 is 0 Å². The van der Waals surface area contributed by atoms with E-state index in [0.29, 0.717) is 43.1 Å². The number of rotatable bonds is 32. The molecule has 1 heterocycles. The lowest BCUT2D eigenvalue weighted by molar-refractivity contribution is -0.146. The van der Waals surface area contributed by atoms with Crippen LogP contribution in [0.2, 0.25) is 0 Å². The first-order valence-electron chi connectivity index (χ1n) is 22.7. The molecule has 394 valence electrons. The molecule has 0 spiro atoms. The maximum absolute atomic E-state index is 12.4. The molecule has 2 N–H and O–H groups in total. The van der Waals surface area contributed by atoms with Crippen molar-refractivity contribution in [1.29, 1.82) is 0 Å². The number of nitrogens with zero attached hydrogens (tertiary/aromatic N) is 3. The van der Waals surface area contributed by atoms with Gasteiger partial charge in [0.05, 0.1) is 31.5 Å². The van der Waals surface area contributed by atoms with Gasteiger partial charge in [-0.1, -0.05) is 122 Å². The Morgan fingerprint density at radius 2 is 0.829 bits per heavy atom. The first kappa shape index (κ1) is 68.2. The van der Waals surface area contributed by atoms with Crippen LogP contribution < -0.4 is 14.2 Å². The zero-order valence-corrected chi connectivity index (χ0v) is 37.7. The number of ketones is 2. The van der Waals surface area contributed by atoms with Gasteiger partial charge in [-0.3, -0.25) is 9.59 Å². The average Bonchev–Trinajstić information content (AvgIpc) is 3.28.